The van der Waals surface area contributed by atoms with E-state index in [1.54, 1.807) is 24.1 Å². The topological polar surface area (TPSA) is 58.6 Å². The molecule has 2 atom stereocenters. The molecule has 3 aromatic carbocycles. The molecule has 0 aliphatic rings. The van der Waals surface area contributed by atoms with Crippen molar-refractivity contribution >= 4 is 23.4 Å². The van der Waals surface area contributed by atoms with Gasteiger partial charge in [0.05, 0.1) is 13.5 Å². The van der Waals surface area contributed by atoms with Crippen molar-refractivity contribution in [3.63, 3.8) is 0 Å². The van der Waals surface area contributed by atoms with Crippen LogP contribution in [0.15, 0.2) is 78.9 Å². The van der Waals surface area contributed by atoms with E-state index in [1.807, 2.05) is 80.6 Å². The van der Waals surface area contributed by atoms with E-state index >= 15 is 0 Å². The number of methoxy groups -OCH3 is 1. The van der Waals surface area contributed by atoms with Crippen molar-refractivity contribution < 1.29 is 14.3 Å². The van der Waals surface area contributed by atoms with Crippen LogP contribution in [-0.4, -0.2) is 35.9 Å². The molecule has 0 heterocycles. The first-order valence-electron chi connectivity index (χ1n) is 11.9. The molecule has 0 spiro atoms. The summed E-state index contributed by atoms with van der Waals surface area (Å²) in [5.74, 6) is 0.397. The molecule has 1 N–H and O–H groups in total. The van der Waals surface area contributed by atoms with Gasteiger partial charge in [-0.25, -0.2) is 0 Å². The second kappa shape index (κ2) is 13.0. The van der Waals surface area contributed by atoms with Gasteiger partial charge in [0.15, 0.2) is 0 Å². The molecule has 184 valence electrons. The van der Waals surface area contributed by atoms with Gasteiger partial charge >= 0.3 is 0 Å². The van der Waals surface area contributed by atoms with E-state index in [0.29, 0.717) is 17.2 Å². The minimum absolute atomic E-state index is 0.00229. The van der Waals surface area contributed by atoms with Gasteiger partial charge in [0.2, 0.25) is 11.8 Å². The average Bonchev–Trinajstić information content (AvgIpc) is 2.86. The summed E-state index contributed by atoms with van der Waals surface area (Å²) in [5.41, 5.74) is 2.68. The maximum Gasteiger partial charge on any atom is 0.243 e. The highest BCUT2D eigenvalue weighted by molar-refractivity contribution is 6.30. The SMILES string of the molecule is CC[C@@H](C)NC(=O)[C@H](Cc1ccccc1)N(Cc1cccc(OC)c1)C(=O)Cc1cccc(Cl)c1. The molecule has 0 aliphatic heterocycles. The van der Waals surface area contributed by atoms with Gasteiger partial charge in [0.25, 0.3) is 0 Å². The number of nitrogens with zero attached hydrogens (tertiary/aromatic N) is 1. The predicted octanol–water partition coefficient (Wildman–Crippen LogP) is 5.45. The highest BCUT2D eigenvalue weighted by Crippen LogP contribution is 2.20. The molecule has 3 rings (SSSR count). The molecule has 3 aromatic rings. The molecule has 2 amide bonds. The van der Waals surface area contributed by atoms with E-state index in [-0.39, 0.29) is 30.8 Å². The fraction of sp³-hybridized carbons (Fsp3) is 0.310. The van der Waals surface area contributed by atoms with Crippen molar-refractivity contribution in [1.82, 2.24) is 10.2 Å². The Morgan fingerprint density at radius 2 is 1.63 bits per heavy atom. The van der Waals surface area contributed by atoms with Crippen LogP contribution in [0.25, 0.3) is 0 Å². The van der Waals surface area contributed by atoms with E-state index in [9.17, 15) is 9.59 Å². The molecule has 0 fully saturated rings. The van der Waals surface area contributed by atoms with Crippen LogP contribution in [0.1, 0.15) is 37.0 Å². The quantitative estimate of drug-likeness (QED) is 0.387. The Morgan fingerprint density at radius 3 is 2.31 bits per heavy atom. The number of hydrogen-bond donors (Lipinski definition) is 1. The number of carbonyl (C=O) groups excluding carboxylic acids is 2. The van der Waals surface area contributed by atoms with Crippen LogP contribution in [0.4, 0.5) is 0 Å². The summed E-state index contributed by atoms with van der Waals surface area (Å²) in [4.78, 5) is 29.0. The first-order chi connectivity index (χ1) is 16.9. The highest BCUT2D eigenvalue weighted by atomic mass is 35.5. The summed E-state index contributed by atoms with van der Waals surface area (Å²) in [7, 11) is 1.61. The number of carbonyl (C=O) groups is 2. The lowest BCUT2D eigenvalue weighted by Gasteiger charge is -2.32. The number of nitrogens with one attached hydrogen (secondary N) is 1. The van der Waals surface area contributed by atoms with Crippen LogP contribution in [0.2, 0.25) is 5.02 Å². The van der Waals surface area contributed by atoms with Crippen LogP contribution < -0.4 is 10.1 Å². The standard InChI is InChI=1S/C29H33ClN2O3/c1-4-21(2)31-29(34)27(18-22-10-6-5-7-11-22)32(20-24-13-9-15-26(17-24)35-3)28(33)19-23-12-8-14-25(30)16-23/h5-17,21,27H,4,18-20H2,1-3H3,(H,31,34)/t21-,27+/m1/s1. The zero-order valence-corrected chi connectivity index (χ0v) is 21.3. The summed E-state index contributed by atoms with van der Waals surface area (Å²) >= 11 is 6.16. The van der Waals surface area contributed by atoms with Gasteiger partial charge in [-0.15, -0.1) is 0 Å². The second-order valence-corrected chi connectivity index (χ2v) is 9.14. The summed E-state index contributed by atoms with van der Waals surface area (Å²) in [6.07, 6.45) is 1.36. The first-order valence-corrected chi connectivity index (χ1v) is 12.3. The number of ether oxygens (including phenoxy) is 1. The van der Waals surface area contributed by atoms with E-state index in [0.717, 1.165) is 23.1 Å². The molecule has 6 heteroatoms. The van der Waals surface area contributed by atoms with Gasteiger partial charge in [-0.2, -0.15) is 0 Å². The van der Waals surface area contributed by atoms with E-state index in [2.05, 4.69) is 5.32 Å². The maximum atomic E-state index is 13.7. The van der Waals surface area contributed by atoms with Crippen molar-refractivity contribution in [3.8, 4) is 5.75 Å². The summed E-state index contributed by atoms with van der Waals surface area (Å²) in [6, 6.07) is 24.0. The number of halogens is 1. The van der Waals surface area contributed by atoms with Crippen molar-refractivity contribution in [3.05, 3.63) is 101 Å². The zero-order valence-electron chi connectivity index (χ0n) is 20.5. The third-order valence-electron chi connectivity index (χ3n) is 6.00. The van der Waals surface area contributed by atoms with E-state index < -0.39 is 6.04 Å². The van der Waals surface area contributed by atoms with E-state index in [4.69, 9.17) is 16.3 Å². The molecule has 0 radical (unpaired) electrons. The summed E-state index contributed by atoms with van der Waals surface area (Å²) < 4.78 is 5.38. The number of benzene rings is 3. The van der Waals surface area contributed by atoms with Gasteiger partial charge in [-0.1, -0.05) is 73.1 Å². The van der Waals surface area contributed by atoms with Gasteiger partial charge in [-0.3, -0.25) is 9.59 Å². The molecular formula is C29H33ClN2O3. The van der Waals surface area contributed by atoms with E-state index in [1.165, 1.54) is 0 Å². The first kappa shape index (κ1) is 26.3. The molecule has 0 saturated carbocycles. The summed E-state index contributed by atoms with van der Waals surface area (Å²) in [6.45, 7) is 4.27. The van der Waals surface area contributed by atoms with Gasteiger partial charge in [0.1, 0.15) is 11.8 Å². The van der Waals surface area contributed by atoms with Crippen molar-refractivity contribution in [1.29, 1.82) is 0 Å². The van der Waals surface area contributed by atoms with Gasteiger partial charge < -0.3 is 15.0 Å². The Hall–Kier alpha value is -3.31. The molecule has 0 unspecified atom stereocenters. The molecule has 5 nitrogen and oxygen atoms in total. The molecule has 35 heavy (non-hydrogen) atoms. The summed E-state index contributed by atoms with van der Waals surface area (Å²) in [5, 5.41) is 3.66. The lowest BCUT2D eigenvalue weighted by molar-refractivity contribution is -0.141. The van der Waals surface area contributed by atoms with Crippen molar-refractivity contribution in [2.75, 3.05) is 7.11 Å². The Labute approximate surface area is 213 Å². The lowest BCUT2D eigenvalue weighted by atomic mass is 10.0. The van der Waals surface area contributed by atoms with Crippen LogP contribution >= 0.6 is 11.6 Å². The highest BCUT2D eigenvalue weighted by Gasteiger charge is 2.31. The Balaban J connectivity index is 1.98. The van der Waals surface area contributed by atoms with Crippen LogP contribution in [0.3, 0.4) is 0 Å². The number of amides is 2. The Kier molecular flexibility index (Phi) is 9.74. The van der Waals surface area contributed by atoms with Crippen LogP contribution in [0.5, 0.6) is 5.75 Å². The molecule has 0 aromatic heterocycles. The van der Waals surface area contributed by atoms with Crippen LogP contribution in [0, 0.1) is 0 Å². The van der Waals surface area contributed by atoms with Crippen molar-refractivity contribution in [2.45, 2.75) is 51.7 Å². The van der Waals surface area contributed by atoms with Crippen LogP contribution in [-0.2, 0) is 29.0 Å². The smallest absolute Gasteiger partial charge is 0.243 e. The lowest BCUT2D eigenvalue weighted by Crippen LogP contribution is -2.52. The number of rotatable bonds is 11. The van der Waals surface area contributed by atoms with Gasteiger partial charge in [-0.05, 0) is 54.3 Å². The average molecular weight is 493 g/mol. The molecule has 0 bridgehead atoms. The zero-order chi connectivity index (χ0) is 25.2. The molecule has 0 aliphatic carbocycles. The maximum absolute atomic E-state index is 13.7. The normalized spacial score (nSPS) is 12.5. The molecule has 0 saturated heterocycles. The third kappa shape index (κ3) is 7.86. The monoisotopic (exact) mass is 492 g/mol. The minimum atomic E-state index is -0.677. The largest absolute Gasteiger partial charge is 0.497 e. The minimum Gasteiger partial charge on any atom is -0.497 e. The second-order valence-electron chi connectivity index (χ2n) is 8.70. The molecular weight excluding hydrogens is 460 g/mol. The Morgan fingerprint density at radius 1 is 0.943 bits per heavy atom. The van der Waals surface area contributed by atoms with Crippen molar-refractivity contribution in [2.24, 2.45) is 0 Å². The third-order valence-corrected chi connectivity index (χ3v) is 6.24. The fourth-order valence-electron chi connectivity index (χ4n) is 3.89. The predicted molar refractivity (Wildman–Crippen MR) is 141 cm³/mol. The van der Waals surface area contributed by atoms with Gasteiger partial charge in [0, 0.05) is 24.0 Å². The fourth-order valence-corrected chi connectivity index (χ4v) is 4.10. The number of hydrogen-bond acceptors (Lipinski definition) is 3. The Bertz CT molecular complexity index is 1120.